The molecule has 0 aromatic heterocycles. The molecule has 0 saturated carbocycles. The zero-order chi connectivity index (χ0) is 14.6. The van der Waals surface area contributed by atoms with Crippen LogP contribution in [0.25, 0.3) is 0 Å². The van der Waals surface area contributed by atoms with Crippen molar-refractivity contribution in [1.82, 2.24) is 10.2 Å². The van der Waals surface area contributed by atoms with E-state index in [1.807, 2.05) is 6.92 Å². The van der Waals surface area contributed by atoms with E-state index < -0.39 is 0 Å². The Balaban J connectivity index is 2.58. The maximum Gasteiger partial charge on any atom is 0.238 e. The second kappa shape index (κ2) is 6.20. The lowest BCUT2D eigenvalue weighted by atomic mass is 9.87. The molecule has 19 heavy (non-hydrogen) atoms. The standard InChI is InChI=1S/C16H26N2O/c1-12(15(19)18(5)6)17-11-13-7-9-14(10-8-13)16(2,3)4/h7-10,12,17H,11H2,1-6H3. The summed E-state index contributed by atoms with van der Waals surface area (Å²) in [5, 5.41) is 3.25. The van der Waals surface area contributed by atoms with E-state index in [1.165, 1.54) is 11.1 Å². The number of benzene rings is 1. The monoisotopic (exact) mass is 262 g/mol. The highest BCUT2D eigenvalue weighted by Crippen LogP contribution is 2.22. The van der Waals surface area contributed by atoms with Gasteiger partial charge in [0.2, 0.25) is 5.91 Å². The van der Waals surface area contributed by atoms with Gasteiger partial charge in [0.1, 0.15) is 0 Å². The third-order valence-corrected chi connectivity index (χ3v) is 3.24. The van der Waals surface area contributed by atoms with Gasteiger partial charge in [-0.1, -0.05) is 45.0 Å². The average Bonchev–Trinajstić information content (AvgIpc) is 2.34. The lowest BCUT2D eigenvalue weighted by Gasteiger charge is -2.20. The highest BCUT2D eigenvalue weighted by Gasteiger charge is 2.15. The molecule has 1 aromatic carbocycles. The third kappa shape index (κ3) is 4.67. The van der Waals surface area contributed by atoms with Gasteiger partial charge in [-0.2, -0.15) is 0 Å². The largest absolute Gasteiger partial charge is 0.347 e. The van der Waals surface area contributed by atoms with Crippen LogP contribution in [0.3, 0.4) is 0 Å². The summed E-state index contributed by atoms with van der Waals surface area (Å²) >= 11 is 0. The summed E-state index contributed by atoms with van der Waals surface area (Å²) in [6, 6.07) is 8.42. The first-order valence-corrected chi connectivity index (χ1v) is 6.76. The van der Waals surface area contributed by atoms with Crippen molar-refractivity contribution >= 4 is 5.91 Å². The molecule has 0 aliphatic heterocycles. The topological polar surface area (TPSA) is 32.3 Å². The molecule has 106 valence electrons. The van der Waals surface area contributed by atoms with Gasteiger partial charge >= 0.3 is 0 Å². The fraction of sp³-hybridized carbons (Fsp3) is 0.562. The van der Waals surface area contributed by atoms with Crippen LogP contribution in [0, 0.1) is 0 Å². The Hall–Kier alpha value is -1.35. The van der Waals surface area contributed by atoms with Crippen LogP contribution in [-0.2, 0) is 16.8 Å². The first-order valence-electron chi connectivity index (χ1n) is 6.76. The van der Waals surface area contributed by atoms with Crippen LogP contribution in [0.15, 0.2) is 24.3 Å². The van der Waals surface area contributed by atoms with Gasteiger partial charge in [-0.25, -0.2) is 0 Å². The van der Waals surface area contributed by atoms with Gasteiger partial charge in [0.25, 0.3) is 0 Å². The number of nitrogens with zero attached hydrogens (tertiary/aromatic N) is 1. The number of nitrogens with one attached hydrogen (secondary N) is 1. The average molecular weight is 262 g/mol. The number of hydrogen-bond donors (Lipinski definition) is 1. The third-order valence-electron chi connectivity index (χ3n) is 3.24. The maximum atomic E-state index is 11.7. The minimum atomic E-state index is -0.155. The number of hydrogen-bond acceptors (Lipinski definition) is 2. The Morgan fingerprint density at radius 1 is 1.21 bits per heavy atom. The Labute approximate surface area is 117 Å². The van der Waals surface area contributed by atoms with Gasteiger partial charge in [0, 0.05) is 20.6 Å². The quantitative estimate of drug-likeness (QED) is 0.904. The summed E-state index contributed by atoms with van der Waals surface area (Å²) in [6.07, 6.45) is 0. The smallest absolute Gasteiger partial charge is 0.238 e. The van der Waals surface area contributed by atoms with E-state index in [0.717, 1.165) is 0 Å². The highest BCUT2D eigenvalue weighted by atomic mass is 16.2. The van der Waals surface area contributed by atoms with E-state index in [1.54, 1.807) is 19.0 Å². The first kappa shape index (κ1) is 15.7. The number of likely N-dealkylation sites (N-methyl/N-ethyl adjacent to an activating group) is 1. The normalized spacial score (nSPS) is 13.2. The zero-order valence-corrected chi connectivity index (χ0v) is 12.9. The van der Waals surface area contributed by atoms with E-state index in [9.17, 15) is 4.79 Å². The van der Waals surface area contributed by atoms with E-state index in [2.05, 4.69) is 50.4 Å². The summed E-state index contributed by atoms with van der Waals surface area (Å²) < 4.78 is 0. The Kier molecular flexibility index (Phi) is 5.12. The van der Waals surface area contributed by atoms with Crippen molar-refractivity contribution in [3.05, 3.63) is 35.4 Å². The number of carbonyl (C=O) groups excluding carboxylic acids is 1. The summed E-state index contributed by atoms with van der Waals surface area (Å²) in [5.74, 6) is 0.103. The SMILES string of the molecule is CC(NCc1ccc(C(C)(C)C)cc1)C(=O)N(C)C. The Bertz CT molecular complexity index is 415. The predicted octanol–water partition coefficient (Wildman–Crippen LogP) is 2.55. The van der Waals surface area contributed by atoms with Crippen LogP contribution >= 0.6 is 0 Å². The number of amides is 1. The number of rotatable bonds is 4. The van der Waals surface area contributed by atoms with Gasteiger partial charge in [-0.3, -0.25) is 4.79 Å². The van der Waals surface area contributed by atoms with E-state index in [0.29, 0.717) is 6.54 Å². The molecular weight excluding hydrogens is 236 g/mol. The van der Waals surface area contributed by atoms with Crippen molar-refractivity contribution in [2.75, 3.05) is 14.1 Å². The van der Waals surface area contributed by atoms with Crippen LogP contribution in [0.4, 0.5) is 0 Å². The molecule has 1 unspecified atom stereocenters. The van der Waals surface area contributed by atoms with Crippen molar-refractivity contribution in [3.63, 3.8) is 0 Å². The minimum absolute atomic E-state index is 0.103. The summed E-state index contributed by atoms with van der Waals surface area (Å²) in [6.45, 7) is 9.23. The lowest BCUT2D eigenvalue weighted by Crippen LogP contribution is -2.41. The van der Waals surface area contributed by atoms with Crippen molar-refractivity contribution in [2.45, 2.75) is 45.7 Å². The molecule has 0 spiro atoms. The zero-order valence-electron chi connectivity index (χ0n) is 12.9. The van der Waals surface area contributed by atoms with Crippen molar-refractivity contribution in [1.29, 1.82) is 0 Å². The molecule has 0 heterocycles. The molecule has 0 radical (unpaired) electrons. The molecule has 0 bridgehead atoms. The van der Waals surface area contributed by atoms with Crippen LogP contribution in [0.5, 0.6) is 0 Å². The van der Waals surface area contributed by atoms with Gasteiger partial charge < -0.3 is 10.2 Å². The summed E-state index contributed by atoms with van der Waals surface area (Å²) in [4.78, 5) is 13.3. The van der Waals surface area contributed by atoms with Gasteiger partial charge in [-0.15, -0.1) is 0 Å². The molecule has 0 fully saturated rings. The molecule has 0 aliphatic carbocycles. The summed E-state index contributed by atoms with van der Waals surface area (Å²) in [5.41, 5.74) is 2.71. The van der Waals surface area contributed by atoms with E-state index >= 15 is 0 Å². The second-order valence-electron chi connectivity index (χ2n) is 6.28. The van der Waals surface area contributed by atoms with E-state index in [-0.39, 0.29) is 17.4 Å². The van der Waals surface area contributed by atoms with Gasteiger partial charge in [0.05, 0.1) is 6.04 Å². The van der Waals surface area contributed by atoms with Crippen molar-refractivity contribution in [2.24, 2.45) is 0 Å². The molecule has 0 aliphatic rings. The molecule has 1 atom stereocenters. The van der Waals surface area contributed by atoms with Crippen LogP contribution in [0.1, 0.15) is 38.8 Å². The fourth-order valence-corrected chi connectivity index (χ4v) is 1.87. The number of carbonyl (C=O) groups is 1. The molecule has 3 nitrogen and oxygen atoms in total. The van der Waals surface area contributed by atoms with Gasteiger partial charge in [0.15, 0.2) is 0 Å². The Morgan fingerprint density at radius 2 is 1.74 bits per heavy atom. The lowest BCUT2D eigenvalue weighted by molar-refractivity contribution is -0.130. The maximum absolute atomic E-state index is 11.7. The van der Waals surface area contributed by atoms with Gasteiger partial charge in [-0.05, 0) is 23.5 Å². The molecular formula is C16H26N2O. The van der Waals surface area contributed by atoms with Crippen molar-refractivity contribution in [3.8, 4) is 0 Å². The van der Waals surface area contributed by atoms with E-state index in [4.69, 9.17) is 0 Å². The predicted molar refractivity (Wildman–Crippen MR) is 80.1 cm³/mol. The molecule has 1 rings (SSSR count). The molecule has 3 heteroatoms. The first-order chi connectivity index (χ1) is 8.71. The van der Waals surface area contributed by atoms with Crippen molar-refractivity contribution < 1.29 is 4.79 Å². The highest BCUT2D eigenvalue weighted by molar-refractivity contribution is 5.80. The molecule has 1 amide bonds. The van der Waals surface area contributed by atoms with Crippen LogP contribution in [0.2, 0.25) is 0 Å². The fourth-order valence-electron chi connectivity index (χ4n) is 1.87. The van der Waals surface area contributed by atoms with Crippen LogP contribution in [-0.4, -0.2) is 30.9 Å². The molecule has 1 N–H and O–H groups in total. The second-order valence-corrected chi connectivity index (χ2v) is 6.28. The Morgan fingerprint density at radius 3 is 2.16 bits per heavy atom. The summed E-state index contributed by atoms with van der Waals surface area (Å²) in [7, 11) is 3.55. The minimum Gasteiger partial charge on any atom is -0.347 e. The molecule has 1 aromatic rings. The van der Waals surface area contributed by atoms with Crippen LogP contribution < -0.4 is 5.32 Å². The molecule has 0 saturated heterocycles.